The summed E-state index contributed by atoms with van der Waals surface area (Å²) in [6.07, 6.45) is 7.93. The lowest BCUT2D eigenvalue weighted by atomic mass is 9.64. The predicted molar refractivity (Wildman–Crippen MR) is 88.4 cm³/mol. The van der Waals surface area contributed by atoms with Gasteiger partial charge in [-0.2, -0.15) is 0 Å². The molecular weight excluding hydrogens is 337 g/mol. The van der Waals surface area contributed by atoms with Crippen LogP contribution in [0, 0.1) is 11.3 Å². The minimum Gasteiger partial charge on any atom is -0.370 e. The number of hydrogen-bond donors (Lipinski definition) is 1. The second-order valence-corrected chi connectivity index (χ2v) is 6.47. The van der Waals surface area contributed by atoms with Crippen LogP contribution < -0.4 is 5.73 Å². The van der Waals surface area contributed by atoms with Crippen molar-refractivity contribution in [2.75, 3.05) is 13.6 Å². The van der Waals surface area contributed by atoms with Crippen molar-refractivity contribution in [1.29, 1.82) is 0 Å². The zero-order chi connectivity index (χ0) is 12.5. The molecule has 0 atom stereocenters. The quantitative estimate of drug-likeness (QED) is 0.462. The molecule has 0 saturated heterocycles. The van der Waals surface area contributed by atoms with E-state index in [1.807, 2.05) is 0 Å². The average molecular weight is 365 g/mol. The number of nitrogens with two attached hydrogens (primary N) is 1. The first-order valence-corrected chi connectivity index (χ1v) is 7.05. The molecule has 0 aromatic rings. The van der Waals surface area contributed by atoms with Crippen LogP contribution in [0.25, 0.3) is 0 Å². The van der Waals surface area contributed by atoms with Gasteiger partial charge in [0.05, 0.1) is 0 Å². The van der Waals surface area contributed by atoms with E-state index in [2.05, 4.69) is 30.8 Å². The highest BCUT2D eigenvalue weighted by molar-refractivity contribution is 14.0. The number of hydrogen-bond acceptors (Lipinski definition) is 1. The first-order chi connectivity index (χ1) is 8.02. The summed E-state index contributed by atoms with van der Waals surface area (Å²) in [6.45, 7) is 5.56. The maximum absolute atomic E-state index is 6.05. The Hall–Kier alpha value is 0. The van der Waals surface area contributed by atoms with Gasteiger partial charge in [-0.1, -0.05) is 20.3 Å². The molecule has 0 heterocycles. The third-order valence-electron chi connectivity index (χ3n) is 4.29. The Morgan fingerprint density at radius 2 is 2.00 bits per heavy atom. The van der Waals surface area contributed by atoms with Crippen LogP contribution >= 0.6 is 24.0 Å². The molecule has 0 bridgehead atoms. The van der Waals surface area contributed by atoms with Gasteiger partial charge < -0.3 is 10.6 Å². The van der Waals surface area contributed by atoms with Crippen molar-refractivity contribution in [1.82, 2.24) is 4.90 Å². The van der Waals surface area contributed by atoms with Crippen molar-refractivity contribution in [3.8, 4) is 0 Å². The van der Waals surface area contributed by atoms with E-state index in [1.165, 1.54) is 38.5 Å². The Kier molecular flexibility index (Phi) is 5.74. The van der Waals surface area contributed by atoms with Crippen LogP contribution in [-0.2, 0) is 0 Å². The summed E-state index contributed by atoms with van der Waals surface area (Å²) in [5, 5.41) is 0. The summed E-state index contributed by atoms with van der Waals surface area (Å²) in [7, 11) is 2.08. The van der Waals surface area contributed by atoms with E-state index < -0.39 is 0 Å². The van der Waals surface area contributed by atoms with Crippen molar-refractivity contribution < 1.29 is 0 Å². The molecule has 2 aliphatic carbocycles. The molecule has 0 aromatic carbocycles. The summed E-state index contributed by atoms with van der Waals surface area (Å²) in [5.41, 5.74) is 6.53. The molecule has 0 unspecified atom stereocenters. The summed E-state index contributed by atoms with van der Waals surface area (Å²) >= 11 is 0. The maximum Gasteiger partial charge on any atom is 0.191 e. The molecule has 0 radical (unpaired) electrons. The second kappa shape index (κ2) is 6.44. The number of halogens is 1. The lowest BCUT2D eigenvalue weighted by molar-refractivity contribution is 0.111. The first-order valence-electron chi connectivity index (χ1n) is 7.05. The lowest BCUT2D eigenvalue weighted by Crippen LogP contribution is -2.39. The fourth-order valence-electron chi connectivity index (χ4n) is 2.98. The van der Waals surface area contributed by atoms with Gasteiger partial charge in [0.2, 0.25) is 0 Å². The summed E-state index contributed by atoms with van der Waals surface area (Å²) in [6, 6.07) is 0.668. The van der Waals surface area contributed by atoms with Crippen LogP contribution in [0.4, 0.5) is 0 Å². The first kappa shape index (κ1) is 16.1. The van der Waals surface area contributed by atoms with Gasteiger partial charge in [-0.05, 0) is 43.4 Å². The van der Waals surface area contributed by atoms with Gasteiger partial charge in [-0.25, -0.2) is 0 Å². The van der Waals surface area contributed by atoms with E-state index in [9.17, 15) is 0 Å². The van der Waals surface area contributed by atoms with Crippen LogP contribution in [0.1, 0.15) is 52.4 Å². The average Bonchev–Trinajstić information content (AvgIpc) is 3.03. The predicted octanol–water partition coefficient (Wildman–Crippen LogP) is 3.23. The molecule has 4 heteroatoms. The molecule has 2 rings (SSSR count). The molecule has 0 aliphatic heterocycles. The SMILES string of the molecule is CC(C)CC1(CN=C(N)N(C)C2CC2)CCC1.I. The smallest absolute Gasteiger partial charge is 0.191 e. The highest BCUT2D eigenvalue weighted by Crippen LogP contribution is 2.46. The van der Waals surface area contributed by atoms with Crippen molar-refractivity contribution in [3.63, 3.8) is 0 Å². The zero-order valence-electron chi connectivity index (χ0n) is 12.0. The summed E-state index contributed by atoms with van der Waals surface area (Å²) in [5.74, 6) is 1.52. The molecule has 2 saturated carbocycles. The van der Waals surface area contributed by atoms with Crippen molar-refractivity contribution in [2.45, 2.75) is 58.4 Å². The molecular formula is C14H28IN3. The Bertz CT molecular complexity index is 293. The standard InChI is InChI=1S/C14H27N3.HI/c1-11(2)9-14(7-4-8-14)10-16-13(15)17(3)12-5-6-12;/h11-12H,4-10H2,1-3H3,(H2,15,16);1H. The van der Waals surface area contributed by atoms with Crippen molar-refractivity contribution in [3.05, 3.63) is 0 Å². The molecule has 18 heavy (non-hydrogen) atoms. The number of rotatable bonds is 5. The van der Waals surface area contributed by atoms with Gasteiger partial charge >= 0.3 is 0 Å². The van der Waals surface area contributed by atoms with Crippen LogP contribution in [-0.4, -0.2) is 30.5 Å². The zero-order valence-corrected chi connectivity index (χ0v) is 14.3. The lowest BCUT2D eigenvalue weighted by Gasteiger charge is -2.42. The van der Waals surface area contributed by atoms with Gasteiger partial charge in [0, 0.05) is 19.6 Å². The topological polar surface area (TPSA) is 41.6 Å². The largest absolute Gasteiger partial charge is 0.370 e. The minimum absolute atomic E-state index is 0. The van der Waals surface area contributed by atoms with Gasteiger partial charge in [-0.15, -0.1) is 24.0 Å². The Balaban J connectivity index is 0.00000162. The number of nitrogens with zero attached hydrogens (tertiary/aromatic N) is 2. The number of guanidine groups is 1. The fourth-order valence-corrected chi connectivity index (χ4v) is 2.98. The molecule has 0 amide bonds. The maximum atomic E-state index is 6.05. The van der Waals surface area contributed by atoms with Gasteiger partial charge in [0.15, 0.2) is 5.96 Å². The van der Waals surface area contributed by atoms with E-state index in [0.717, 1.165) is 18.4 Å². The van der Waals surface area contributed by atoms with Crippen molar-refractivity contribution >= 4 is 29.9 Å². The molecule has 3 nitrogen and oxygen atoms in total. The van der Waals surface area contributed by atoms with E-state index in [1.54, 1.807) is 0 Å². The van der Waals surface area contributed by atoms with Gasteiger partial charge in [0.1, 0.15) is 0 Å². The van der Waals surface area contributed by atoms with E-state index in [-0.39, 0.29) is 24.0 Å². The van der Waals surface area contributed by atoms with E-state index in [4.69, 9.17) is 5.73 Å². The molecule has 2 fully saturated rings. The highest BCUT2D eigenvalue weighted by Gasteiger charge is 2.37. The van der Waals surface area contributed by atoms with Crippen LogP contribution in [0.3, 0.4) is 0 Å². The minimum atomic E-state index is 0. The summed E-state index contributed by atoms with van der Waals surface area (Å²) < 4.78 is 0. The summed E-state index contributed by atoms with van der Waals surface area (Å²) in [4.78, 5) is 6.81. The molecule has 0 aromatic heterocycles. The van der Waals surface area contributed by atoms with E-state index >= 15 is 0 Å². The Morgan fingerprint density at radius 3 is 2.39 bits per heavy atom. The van der Waals surface area contributed by atoms with Gasteiger partial charge in [0.25, 0.3) is 0 Å². The van der Waals surface area contributed by atoms with Crippen molar-refractivity contribution in [2.24, 2.45) is 22.1 Å². The molecule has 2 aliphatic rings. The second-order valence-electron chi connectivity index (χ2n) is 6.47. The van der Waals surface area contributed by atoms with Gasteiger partial charge in [-0.3, -0.25) is 4.99 Å². The van der Waals surface area contributed by atoms with E-state index in [0.29, 0.717) is 11.5 Å². The Morgan fingerprint density at radius 1 is 1.39 bits per heavy atom. The number of aliphatic imine (C=N–C) groups is 1. The van der Waals surface area contributed by atoms with Crippen LogP contribution in [0.2, 0.25) is 0 Å². The normalized spacial score (nSPS) is 22.3. The molecule has 106 valence electrons. The monoisotopic (exact) mass is 365 g/mol. The Labute approximate surface area is 129 Å². The third-order valence-corrected chi connectivity index (χ3v) is 4.29. The fraction of sp³-hybridized carbons (Fsp3) is 0.929. The van der Waals surface area contributed by atoms with Crippen LogP contribution in [0.5, 0.6) is 0 Å². The molecule has 0 spiro atoms. The third kappa shape index (κ3) is 4.00. The molecule has 2 N–H and O–H groups in total. The van der Waals surface area contributed by atoms with Crippen LogP contribution in [0.15, 0.2) is 4.99 Å². The highest BCUT2D eigenvalue weighted by atomic mass is 127.